The first kappa shape index (κ1) is 21.1. The molecule has 0 unspecified atom stereocenters. The van der Waals surface area contributed by atoms with Crippen LogP contribution in [0.25, 0.3) is 0 Å². The van der Waals surface area contributed by atoms with Gasteiger partial charge in [0.15, 0.2) is 11.6 Å². The number of nitrogens with zero attached hydrogens (tertiary/aromatic N) is 1. The van der Waals surface area contributed by atoms with Gasteiger partial charge in [-0.25, -0.2) is 18.6 Å². The summed E-state index contributed by atoms with van der Waals surface area (Å²) in [6.45, 7) is 0.305. The lowest BCUT2D eigenvalue weighted by atomic mass is 10.0. The Morgan fingerprint density at radius 1 is 1.09 bits per heavy atom. The number of nitrogens with one attached hydrogen (secondary N) is 2. The van der Waals surface area contributed by atoms with Crippen LogP contribution in [0.15, 0.2) is 54.7 Å². The summed E-state index contributed by atoms with van der Waals surface area (Å²) < 4.78 is 39.3. The van der Waals surface area contributed by atoms with Crippen molar-refractivity contribution in [1.29, 1.82) is 0 Å². The molecular formula is C24H21F2N3O4. The van der Waals surface area contributed by atoms with Crippen molar-refractivity contribution >= 4 is 11.8 Å². The Balaban J connectivity index is 1.17. The number of halogens is 2. The molecule has 1 aliphatic heterocycles. The fraction of sp³-hybridized carbons (Fsp3) is 0.250. The zero-order valence-corrected chi connectivity index (χ0v) is 17.4. The van der Waals surface area contributed by atoms with E-state index in [1.807, 2.05) is 12.1 Å². The van der Waals surface area contributed by atoms with Crippen molar-refractivity contribution in [3.05, 3.63) is 77.5 Å². The predicted octanol–water partition coefficient (Wildman–Crippen LogP) is 3.98. The number of benzene rings is 2. The summed E-state index contributed by atoms with van der Waals surface area (Å²) in [7, 11) is 0. The highest BCUT2D eigenvalue weighted by molar-refractivity contribution is 5.89. The van der Waals surface area contributed by atoms with Gasteiger partial charge in [-0.1, -0.05) is 12.1 Å². The summed E-state index contributed by atoms with van der Waals surface area (Å²) in [5.41, 5.74) is 1.19. The molecule has 2 amide bonds. The third-order valence-electron chi connectivity index (χ3n) is 5.85. The van der Waals surface area contributed by atoms with Gasteiger partial charge in [-0.2, -0.15) is 0 Å². The second-order valence-corrected chi connectivity index (χ2v) is 8.00. The Hall–Kier alpha value is -3.72. The molecule has 2 heterocycles. The molecule has 9 heteroatoms. The van der Waals surface area contributed by atoms with Gasteiger partial charge in [0.2, 0.25) is 0 Å². The topological polar surface area (TPSA) is 92.7 Å². The number of hydrogen-bond acceptors (Lipinski definition) is 5. The van der Waals surface area contributed by atoms with Gasteiger partial charge in [0, 0.05) is 30.0 Å². The van der Waals surface area contributed by atoms with Crippen LogP contribution in [0.1, 0.15) is 17.0 Å². The van der Waals surface area contributed by atoms with E-state index < -0.39 is 17.7 Å². The van der Waals surface area contributed by atoms with Gasteiger partial charge >= 0.3 is 6.03 Å². The van der Waals surface area contributed by atoms with E-state index in [9.17, 15) is 13.6 Å². The largest absolute Gasteiger partial charge is 0.490 e. The maximum atomic E-state index is 14.2. The van der Waals surface area contributed by atoms with Crippen LogP contribution >= 0.6 is 0 Å². The highest BCUT2D eigenvalue weighted by Gasteiger charge is 2.57. The molecule has 170 valence electrons. The maximum absolute atomic E-state index is 14.2. The van der Waals surface area contributed by atoms with Crippen LogP contribution in [-0.2, 0) is 6.42 Å². The number of aliphatic hydroxyl groups is 1. The number of aromatic nitrogens is 1. The number of ether oxygens (including phenoxy) is 2. The van der Waals surface area contributed by atoms with Crippen LogP contribution in [0.4, 0.5) is 19.4 Å². The van der Waals surface area contributed by atoms with E-state index in [4.69, 9.17) is 14.6 Å². The van der Waals surface area contributed by atoms with Crippen LogP contribution in [0, 0.1) is 17.6 Å². The van der Waals surface area contributed by atoms with Crippen molar-refractivity contribution in [3.63, 3.8) is 0 Å². The summed E-state index contributed by atoms with van der Waals surface area (Å²) >= 11 is 0. The normalized spacial score (nSPS) is 20.2. The smallest absolute Gasteiger partial charge is 0.320 e. The molecule has 0 radical (unpaired) electrons. The third kappa shape index (κ3) is 4.31. The van der Waals surface area contributed by atoms with Gasteiger partial charge in [0.1, 0.15) is 23.1 Å². The molecule has 2 aromatic carbocycles. The average Bonchev–Trinajstić information content (AvgIpc) is 3.51. The van der Waals surface area contributed by atoms with E-state index in [2.05, 4.69) is 15.6 Å². The molecule has 3 aromatic rings. The Morgan fingerprint density at radius 3 is 2.58 bits per heavy atom. The van der Waals surface area contributed by atoms with Gasteiger partial charge in [0.25, 0.3) is 0 Å². The molecule has 0 saturated heterocycles. The molecule has 7 nitrogen and oxygen atoms in total. The van der Waals surface area contributed by atoms with E-state index >= 15 is 0 Å². The Morgan fingerprint density at radius 2 is 1.85 bits per heavy atom. The van der Waals surface area contributed by atoms with E-state index in [0.717, 1.165) is 17.7 Å². The van der Waals surface area contributed by atoms with E-state index in [1.54, 1.807) is 24.3 Å². The standard InChI is InChI=1S/C24H21F2N3O4/c25-17-6-7-18(26)23-21(17)20-16(12-32-23)22(20)29-24(31)28-19-8-5-15(11-27-19)33-14-3-1-13(2-4-14)9-10-30/h1-8,11,16,20,22,30H,9-10,12H2,(H2,27,28,29,31)/t16-,20-,22-/m1/s1. The van der Waals surface area contributed by atoms with Crippen molar-refractivity contribution in [3.8, 4) is 17.2 Å². The van der Waals surface area contributed by atoms with Gasteiger partial charge in [0.05, 0.1) is 12.8 Å². The SMILES string of the molecule is O=C(Nc1ccc(Oc2ccc(CCO)cc2)cn1)N[C@@H]1[C@@H]2COc3c(F)ccc(F)c3[C@@H]21. The molecule has 33 heavy (non-hydrogen) atoms. The Bertz CT molecular complexity index is 1170. The number of carbonyl (C=O) groups excluding carboxylic acids is 1. The molecule has 3 N–H and O–H groups in total. The molecule has 1 aliphatic carbocycles. The van der Waals surface area contributed by atoms with Crippen LogP contribution in [-0.4, -0.2) is 35.4 Å². The molecule has 0 bridgehead atoms. The minimum absolute atomic E-state index is 0.0683. The monoisotopic (exact) mass is 453 g/mol. The summed E-state index contributed by atoms with van der Waals surface area (Å²) in [5, 5.41) is 14.4. The van der Waals surface area contributed by atoms with Gasteiger partial charge in [-0.15, -0.1) is 0 Å². The highest BCUT2D eigenvalue weighted by Crippen LogP contribution is 2.55. The molecule has 0 spiro atoms. The number of fused-ring (bicyclic) bond motifs is 3. The van der Waals surface area contributed by atoms with Gasteiger partial charge < -0.3 is 19.9 Å². The zero-order valence-electron chi connectivity index (χ0n) is 17.4. The quantitative estimate of drug-likeness (QED) is 0.525. The first-order valence-electron chi connectivity index (χ1n) is 10.6. The van der Waals surface area contributed by atoms with E-state index in [0.29, 0.717) is 23.7 Å². The highest BCUT2D eigenvalue weighted by atomic mass is 19.1. The van der Waals surface area contributed by atoms with Gasteiger partial charge in [-0.3, -0.25) is 5.32 Å². The van der Waals surface area contributed by atoms with Crippen molar-refractivity contribution in [1.82, 2.24) is 10.3 Å². The van der Waals surface area contributed by atoms with Crippen LogP contribution < -0.4 is 20.1 Å². The molecule has 1 fully saturated rings. The first-order chi connectivity index (χ1) is 16.0. The number of aliphatic hydroxyl groups excluding tert-OH is 1. The van der Waals surface area contributed by atoms with Crippen LogP contribution in [0.2, 0.25) is 0 Å². The predicted molar refractivity (Wildman–Crippen MR) is 116 cm³/mol. The molecular weight excluding hydrogens is 432 g/mol. The molecule has 1 saturated carbocycles. The van der Waals surface area contributed by atoms with Crippen LogP contribution in [0.3, 0.4) is 0 Å². The number of amides is 2. The molecule has 1 aromatic heterocycles. The number of rotatable bonds is 6. The van der Waals surface area contributed by atoms with Crippen LogP contribution in [0.5, 0.6) is 17.2 Å². The third-order valence-corrected chi connectivity index (χ3v) is 5.85. The van der Waals surface area contributed by atoms with Crippen molar-refractivity contribution < 1.29 is 28.2 Å². The average molecular weight is 453 g/mol. The first-order valence-corrected chi connectivity index (χ1v) is 10.6. The van der Waals surface area contributed by atoms with E-state index in [1.165, 1.54) is 6.20 Å². The molecule has 3 atom stereocenters. The van der Waals surface area contributed by atoms with E-state index in [-0.39, 0.29) is 42.4 Å². The lowest BCUT2D eigenvalue weighted by Crippen LogP contribution is -2.32. The summed E-state index contributed by atoms with van der Waals surface area (Å²) in [6.07, 6.45) is 2.06. The number of anilines is 1. The molecule has 5 rings (SSSR count). The number of carbonyl (C=O) groups is 1. The van der Waals surface area contributed by atoms with Gasteiger partial charge in [-0.05, 0) is 48.4 Å². The van der Waals surface area contributed by atoms with Crippen molar-refractivity contribution in [2.24, 2.45) is 5.92 Å². The van der Waals surface area contributed by atoms with Crippen molar-refractivity contribution in [2.45, 2.75) is 18.4 Å². The number of urea groups is 1. The fourth-order valence-corrected chi connectivity index (χ4v) is 4.17. The minimum atomic E-state index is -0.604. The fourth-order valence-electron chi connectivity index (χ4n) is 4.17. The second kappa shape index (κ2) is 8.67. The maximum Gasteiger partial charge on any atom is 0.320 e. The summed E-state index contributed by atoms with van der Waals surface area (Å²) in [4.78, 5) is 16.6. The zero-order chi connectivity index (χ0) is 22.9. The second-order valence-electron chi connectivity index (χ2n) is 8.00. The lowest BCUT2D eigenvalue weighted by Gasteiger charge is -2.16. The Kier molecular flexibility index (Phi) is 5.55. The number of hydrogen-bond donors (Lipinski definition) is 3. The lowest BCUT2D eigenvalue weighted by molar-refractivity contribution is 0.247. The summed E-state index contributed by atoms with van der Waals surface area (Å²) in [5.74, 6) is -0.194. The molecule has 2 aliphatic rings. The summed E-state index contributed by atoms with van der Waals surface area (Å²) in [6, 6.07) is 11.9. The number of pyridine rings is 1. The van der Waals surface area contributed by atoms with Crippen molar-refractivity contribution in [2.75, 3.05) is 18.5 Å². The Labute approximate surface area is 188 Å². The minimum Gasteiger partial charge on any atom is -0.490 e.